The Bertz CT molecular complexity index is 1420. The highest BCUT2D eigenvalue weighted by Crippen LogP contribution is 2.23. The van der Waals surface area contributed by atoms with E-state index in [-0.39, 0.29) is 0 Å². The maximum absolute atomic E-state index is 6.10. The van der Waals surface area contributed by atoms with Gasteiger partial charge < -0.3 is 9.30 Å². The predicted octanol–water partition coefficient (Wildman–Crippen LogP) is 7.88. The molecule has 0 bridgehead atoms. The van der Waals surface area contributed by atoms with Gasteiger partial charge in [-0.25, -0.2) is 4.98 Å². The molecule has 0 aliphatic carbocycles. The van der Waals surface area contributed by atoms with Crippen molar-refractivity contribution in [2.24, 2.45) is 0 Å². The van der Waals surface area contributed by atoms with Crippen molar-refractivity contribution in [2.75, 3.05) is 6.61 Å². The van der Waals surface area contributed by atoms with Crippen molar-refractivity contribution in [1.82, 2.24) is 9.55 Å². The Morgan fingerprint density at radius 1 is 0.750 bits per heavy atom. The molecular formula is C33H32N2O. The van der Waals surface area contributed by atoms with Gasteiger partial charge in [-0.15, -0.1) is 6.58 Å². The molecule has 1 aromatic heterocycles. The van der Waals surface area contributed by atoms with E-state index in [4.69, 9.17) is 9.72 Å². The molecule has 180 valence electrons. The number of benzene rings is 4. The first kappa shape index (κ1) is 23.6. The quantitative estimate of drug-likeness (QED) is 0.144. The molecule has 3 heteroatoms. The second kappa shape index (κ2) is 11.5. The van der Waals surface area contributed by atoms with Crippen LogP contribution in [0.2, 0.25) is 0 Å². The van der Waals surface area contributed by atoms with Crippen LogP contribution in [0.15, 0.2) is 116 Å². The number of imidazole rings is 1. The molecule has 0 fully saturated rings. The van der Waals surface area contributed by atoms with Gasteiger partial charge in [0.15, 0.2) is 0 Å². The largest absolute Gasteiger partial charge is 0.493 e. The Hall–Kier alpha value is -4.11. The fourth-order valence-corrected chi connectivity index (χ4v) is 4.66. The van der Waals surface area contributed by atoms with Crippen molar-refractivity contribution >= 4 is 11.0 Å². The third-order valence-electron chi connectivity index (χ3n) is 6.53. The van der Waals surface area contributed by atoms with Crippen LogP contribution in [0.4, 0.5) is 0 Å². The molecule has 0 radical (unpaired) electrons. The first-order chi connectivity index (χ1) is 17.8. The van der Waals surface area contributed by atoms with Crippen LogP contribution in [-0.2, 0) is 19.4 Å². The lowest BCUT2D eigenvalue weighted by atomic mass is 10.0. The zero-order valence-corrected chi connectivity index (χ0v) is 20.6. The first-order valence-electron chi connectivity index (χ1n) is 12.7. The smallest absolute Gasteiger partial charge is 0.122 e. The highest BCUT2D eigenvalue weighted by atomic mass is 16.5. The van der Waals surface area contributed by atoms with Crippen LogP contribution in [0, 0.1) is 0 Å². The second-order valence-electron chi connectivity index (χ2n) is 9.06. The summed E-state index contributed by atoms with van der Waals surface area (Å²) < 4.78 is 8.48. The van der Waals surface area contributed by atoms with Crippen LogP contribution in [-0.4, -0.2) is 16.2 Å². The van der Waals surface area contributed by atoms with Gasteiger partial charge in [-0.2, -0.15) is 0 Å². The van der Waals surface area contributed by atoms with Gasteiger partial charge in [0.05, 0.1) is 17.6 Å². The average Bonchev–Trinajstić information content (AvgIpc) is 3.27. The standard InChI is InChI=1S/C33H32N2O/c1-2-12-29-15-6-9-18-32(29)36-24-11-10-23-35-31-17-8-7-16-30(31)34-33(35)25-26-19-21-28(22-20-26)27-13-4-3-5-14-27/h2-9,13-22H,1,10-12,23-25H2. The number of allylic oxidation sites excluding steroid dienone is 1. The lowest BCUT2D eigenvalue weighted by molar-refractivity contribution is 0.301. The maximum Gasteiger partial charge on any atom is 0.122 e. The molecule has 0 aliphatic heterocycles. The number of aromatic nitrogens is 2. The summed E-state index contributed by atoms with van der Waals surface area (Å²) in [5.74, 6) is 2.08. The van der Waals surface area contributed by atoms with Crippen molar-refractivity contribution in [3.8, 4) is 16.9 Å². The monoisotopic (exact) mass is 472 g/mol. The summed E-state index contributed by atoms with van der Waals surface area (Å²) in [5, 5.41) is 0. The van der Waals surface area contributed by atoms with E-state index in [1.807, 2.05) is 24.3 Å². The molecule has 0 spiro atoms. The van der Waals surface area contributed by atoms with Gasteiger partial charge >= 0.3 is 0 Å². The number of fused-ring (bicyclic) bond motifs is 1. The normalized spacial score (nSPS) is 11.0. The molecule has 4 aromatic carbocycles. The Morgan fingerprint density at radius 3 is 2.31 bits per heavy atom. The fraction of sp³-hybridized carbons (Fsp3) is 0.182. The van der Waals surface area contributed by atoms with Crippen molar-refractivity contribution in [3.05, 3.63) is 133 Å². The van der Waals surface area contributed by atoms with Gasteiger partial charge in [0.25, 0.3) is 0 Å². The number of para-hydroxylation sites is 3. The van der Waals surface area contributed by atoms with Crippen molar-refractivity contribution in [3.63, 3.8) is 0 Å². The van der Waals surface area contributed by atoms with Gasteiger partial charge in [0, 0.05) is 13.0 Å². The Kier molecular flexibility index (Phi) is 7.58. The minimum Gasteiger partial charge on any atom is -0.493 e. The first-order valence-corrected chi connectivity index (χ1v) is 12.7. The summed E-state index contributed by atoms with van der Waals surface area (Å²) in [5.41, 5.74) is 7.20. The van der Waals surface area contributed by atoms with Crippen LogP contribution in [0.3, 0.4) is 0 Å². The van der Waals surface area contributed by atoms with E-state index in [1.165, 1.54) is 27.8 Å². The van der Waals surface area contributed by atoms with E-state index in [2.05, 4.69) is 96.1 Å². The number of rotatable bonds is 11. The number of aryl methyl sites for hydroxylation is 1. The summed E-state index contributed by atoms with van der Waals surface area (Å²) in [6.45, 7) is 5.48. The van der Waals surface area contributed by atoms with Crippen LogP contribution in [0.5, 0.6) is 5.75 Å². The molecule has 0 unspecified atom stereocenters. The van der Waals surface area contributed by atoms with E-state index in [9.17, 15) is 0 Å². The number of unbranched alkanes of at least 4 members (excludes halogenated alkanes) is 1. The summed E-state index contributed by atoms with van der Waals surface area (Å²) in [6, 6.07) is 36.0. The predicted molar refractivity (Wildman–Crippen MR) is 149 cm³/mol. The Morgan fingerprint density at radius 2 is 1.47 bits per heavy atom. The van der Waals surface area contributed by atoms with Crippen molar-refractivity contribution in [1.29, 1.82) is 0 Å². The van der Waals surface area contributed by atoms with E-state index in [0.29, 0.717) is 6.61 Å². The molecule has 0 aliphatic rings. The average molecular weight is 473 g/mol. The summed E-state index contributed by atoms with van der Waals surface area (Å²) in [6.07, 6.45) is 5.58. The summed E-state index contributed by atoms with van der Waals surface area (Å²) in [4.78, 5) is 4.99. The minimum absolute atomic E-state index is 0.705. The van der Waals surface area contributed by atoms with Crippen molar-refractivity contribution < 1.29 is 4.74 Å². The topological polar surface area (TPSA) is 27.1 Å². The molecule has 0 saturated carbocycles. The van der Waals surface area contributed by atoms with Gasteiger partial charge in [-0.05, 0) is 59.7 Å². The molecule has 36 heavy (non-hydrogen) atoms. The molecule has 0 atom stereocenters. The molecular weight excluding hydrogens is 440 g/mol. The van der Waals surface area contributed by atoms with E-state index in [1.54, 1.807) is 0 Å². The molecule has 1 heterocycles. The fourth-order valence-electron chi connectivity index (χ4n) is 4.66. The van der Waals surface area contributed by atoms with E-state index < -0.39 is 0 Å². The number of ether oxygens (including phenoxy) is 1. The van der Waals surface area contributed by atoms with E-state index in [0.717, 1.165) is 49.3 Å². The van der Waals surface area contributed by atoms with Gasteiger partial charge in [-0.3, -0.25) is 0 Å². The molecule has 5 aromatic rings. The van der Waals surface area contributed by atoms with Crippen LogP contribution in [0.25, 0.3) is 22.2 Å². The minimum atomic E-state index is 0.705. The van der Waals surface area contributed by atoms with E-state index >= 15 is 0 Å². The number of hydrogen-bond acceptors (Lipinski definition) is 2. The third-order valence-corrected chi connectivity index (χ3v) is 6.53. The lowest BCUT2D eigenvalue weighted by Gasteiger charge is -2.12. The SMILES string of the molecule is C=CCc1ccccc1OCCCCn1c(Cc2ccc(-c3ccccc3)cc2)nc2ccccc21. The molecule has 0 amide bonds. The number of hydrogen-bond donors (Lipinski definition) is 0. The van der Waals surface area contributed by atoms with Crippen LogP contribution < -0.4 is 4.74 Å². The highest BCUT2D eigenvalue weighted by molar-refractivity contribution is 5.76. The molecule has 3 nitrogen and oxygen atoms in total. The Balaban J connectivity index is 1.25. The second-order valence-corrected chi connectivity index (χ2v) is 9.06. The maximum atomic E-state index is 6.10. The zero-order chi connectivity index (χ0) is 24.6. The molecule has 0 saturated heterocycles. The summed E-state index contributed by atoms with van der Waals surface area (Å²) in [7, 11) is 0. The van der Waals surface area contributed by atoms with Gasteiger partial charge in [-0.1, -0.05) is 91.0 Å². The van der Waals surface area contributed by atoms with Crippen molar-refractivity contribution in [2.45, 2.75) is 32.2 Å². The Labute approximate surface area is 213 Å². The third kappa shape index (κ3) is 5.58. The lowest BCUT2D eigenvalue weighted by Crippen LogP contribution is -2.07. The van der Waals surface area contributed by atoms with Crippen LogP contribution >= 0.6 is 0 Å². The molecule has 5 rings (SSSR count). The van der Waals surface area contributed by atoms with Gasteiger partial charge in [0.2, 0.25) is 0 Å². The number of nitrogens with zero attached hydrogens (tertiary/aromatic N) is 2. The van der Waals surface area contributed by atoms with Crippen LogP contribution in [0.1, 0.15) is 29.8 Å². The summed E-state index contributed by atoms with van der Waals surface area (Å²) >= 11 is 0. The zero-order valence-electron chi connectivity index (χ0n) is 20.6. The molecule has 0 N–H and O–H groups in total. The van der Waals surface area contributed by atoms with Gasteiger partial charge in [0.1, 0.15) is 11.6 Å². The highest BCUT2D eigenvalue weighted by Gasteiger charge is 2.11.